The summed E-state index contributed by atoms with van der Waals surface area (Å²) in [4.78, 5) is 11.8. The number of carbonyl (C=O) groups is 1. The maximum absolute atomic E-state index is 11.8. The number of hydrogen-bond donors (Lipinski definition) is 2. The number of carbonyl (C=O) groups excluding carboxylic acids is 1. The molecule has 1 heterocycles. The van der Waals surface area contributed by atoms with Gasteiger partial charge in [-0.3, -0.25) is 4.79 Å². The second-order valence-electron chi connectivity index (χ2n) is 3.97. The second-order valence-corrected chi connectivity index (χ2v) is 3.97. The Kier molecular flexibility index (Phi) is 3.54. The van der Waals surface area contributed by atoms with Crippen LogP contribution >= 0.6 is 0 Å². The van der Waals surface area contributed by atoms with Crippen LogP contribution in [0.15, 0.2) is 28.7 Å². The fraction of sp³-hybridized carbons (Fsp3) is 0.214. The van der Waals surface area contributed by atoms with Gasteiger partial charge < -0.3 is 15.5 Å². The first-order valence-electron chi connectivity index (χ1n) is 5.71. The van der Waals surface area contributed by atoms with E-state index in [-0.39, 0.29) is 11.7 Å². The number of nitrogens with one attached hydrogen (secondary N) is 1. The van der Waals surface area contributed by atoms with Crippen LogP contribution in [0.5, 0.6) is 0 Å². The summed E-state index contributed by atoms with van der Waals surface area (Å²) in [6.07, 6.45) is 6.54. The Hall–Kier alpha value is -2.41. The van der Waals surface area contributed by atoms with E-state index in [0.717, 1.165) is 11.8 Å². The van der Waals surface area contributed by atoms with Crippen molar-refractivity contribution in [2.24, 2.45) is 0 Å². The fourth-order valence-electron chi connectivity index (χ4n) is 1.65. The topological polar surface area (TPSA) is 68.3 Å². The number of unbranched alkanes of at least 4 members (excludes halogenated alkanes) is 1. The summed E-state index contributed by atoms with van der Waals surface area (Å²) in [5.41, 5.74) is 6.96. The first-order valence-corrected chi connectivity index (χ1v) is 5.71. The van der Waals surface area contributed by atoms with E-state index < -0.39 is 0 Å². The van der Waals surface area contributed by atoms with E-state index in [4.69, 9.17) is 16.6 Å². The molecule has 0 atom stereocenters. The molecular formula is C14H14N2O2. The van der Waals surface area contributed by atoms with Gasteiger partial charge in [-0.05, 0) is 30.7 Å². The van der Waals surface area contributed by atoms with Gasteiger partial charge in [-0.2, -0.15) is 0 Å². The number of benzene rings is 1. The zero-order valence-electron chi connectivity index (χ0n) is 9.90. The lowest BCUT2D eigenvalue weighted by Gasteiger charge is -1.99. The van der Waals surface area contributed by atoms with Gasteiger partial charge >= 0.3 is 0 Å². The van der Waals surface area contributed by atoms with Crippen LogP contribution < -0.4 is 11.1 Å². The van der Waals surface area contributed by atoms with Crippen LogP contribution in [0.1, 0.15) is 23.4 Å². The summed E-state index contributed by atoms with van der Waals surface area (Å²) in [7, 11) is 0. The number of anilines is 1. The number of nitrogen functional groups attached to an aromatic ring is 1. The molecule has 2 rings (SSSR count). The number of hydrogen-bond acceptors (Lipinski definition) is 3. The highest BCUT2D eigenvalue weighted by molar-refractivity contribution is 5.96. The summed E-state index contributed by atoms with van der Waals surface area (Å²) in [5, 5.41) is 3.57. The Bertz CT molecular complexity index is 608. The number of terminal acetylenes is 1. The van der Waals surface area contributed by atoms with Crippen LogP contribution in [0.25, 0.3) is 11.0 Å². The lowest BCUT2D eigenvalue weighted by molar-refractivity contribution is 0.0928. The molecule has 0 aliphatic heterocycles. The first-order chi connectivity index (χ1) is 8.70. The normalized spacial score (nSPS) is 10.2. The minimum Gasteiger partial charge on any atom is -0.451 e. The molecule has 0 saturated heterocycles. The molecule has 4 heteroatoms. The predicted octanol–water partition coefficient (Wildman–Crippen LogP) is 2.16. The van der Waals surface area contributed by atoms with E-state index in [1.165, 1.54) is 0 Å². The number of furan rings is 1. The Morgan fingerprint density at radius 3 is 3.06 bits per heavy atom. The Morgan fingerprint density at radius 2 is 2.28 bits per heavy atom. The number of rotatable bonds is 4. The molecule has 0 unspecified atom stereocenters. The molecule has 4 nitrogen and oxygen atoms in total. The summed E-state index contributed by atoms with van der Waals surface area (Å²) < 4.78 is 5.43. The van der Waals surface area contributed by atoms with Gasteiger partial charge in [0.05, 0.1) is 0 Å². The van der Waals surface area contributed by atoms with Gasteiger partial charge in [0.25, 0.3) is 5.91 Å². The third-order valence-corrected chi connectivity index (χ3v) is 2.55. The Morgan fingerprint density at radius 1 is 1.44 bits per heavy atom. The summed E-state index contributed by atoms with van der Waals surface area (Å²) in [6, 6.07) is 6.94. The van der Waals surface area contributed by atoms with E-state index in [9.17, 15) is 4.79 Å². The van der Waals surface area contributed by atoms with Crippen molar-refractivity contribution in [3.05, 3.63) is 30.0 Å². The van der Waals surface area contributed by atoms with Crippen molar-refractivity contribution >= 4 is 22.6 Å². The zero-order valence-corrected chi connectivity index (χ0v) is 9.90. The molecule has 0 bridgehead atoms. The van der Waals surface area contributed by atoms with E-state index in [2.05, 4.69) is 11.2 Å². The molecule has 3 N–H and O–H groups in total. The molecule has 0 aliphatic rings. The SMILES string of the molecule is C#CCCCNC(=O)c1cc2cc(N)ccc2o1. The van der Waals surface area contributed by atoms with Crippen molar-refractivity contribution in [2.45, 2.75) is 12.8 Å². The molecular weight excluding hydrogens is 228 g/mol. The number of nitrogens with two attached hydrogens (primary N) is 1. The Balaban J connectivity index is 2.07. The van der Waals surface area contributed by atoms with Crippen LogP contribution in [0.3, 0.4) is 0 Å². The lowest BCUT2D eigenvalue weighted by Crippen LogP contribution is -2.23. The van der Waals surface area contributed by atoms with Gasteiger partial charge in [0.1, 0.15) is 5.58 Å². The largest absolute Gasteiger partial charge is 0.451 e. The zero-order chi connectivity index (χ0) is 13.0. The minimum absolute atomic E-state index is 0.234. The molecule has 1 aromatic heterocycles. The standard InChI is InChI=1S/C14H14N2O2/c1-2-3-4-7-16-14(17)13-9-10-8-11(15)5-6-12(10)18-13/h1,5-6,8-9H,3-4,7,15H2,(H,16,17). The van der Waals surface area contributed by atoms with E-state index in [1.807, 2.05) is 0 Å². The van der Waals surface area contributed by atoms with E-state index in [0.29, 0.717) is 24.2 Å². The fourth-order valence-corrected chi connectivity index (χ4v) is 1.65. The molecule has 18 heavy (non-hydrogen) atoms. The summed E-state index contributed by atoms with van der Waals surface area (Å²) >= 11 is 0. The van der Waals surface area contributed by atoms with Gasteiger partial charge in [-0.1, -0.05) is 0 Å². The van der Waals surface area contributed by atoms with Crippen molar-refractivity contribution in [1.29, 1.82) is 0 Å². The van der Waals surface area contributed by atoms with Crippen LogP contribution in [-0.4, -0.2) is 12.5 Å². The highest BCUT2D eigenvalue weighted by atomic mass is 16.3. The third kappa shape index (κ3) is 2.64. The van der Waals surface area contributed by atoms with Crippen molar-refractivity contribution < 1.29 is 9.21 Å². The van der Waals surface area contributed by atoms with Gasteiger partial charge in [-0.15, -0.1) is 12.3 Å². The van der Waals surface area contributed by atoms with Crippen LogP contribution in [0.4, 0.5) is 5.69 Å². The second kappa shape index (κ2) is 5.28. The van der Waals surface area contributed by atoms with E-state index >= 15 is 0 Å². The predicted molar refractivity (Wildman–Crippen MR) is 71.0 cm³/mol. The van der Waals surface area contributed by atoms with Crippen molar-refractivity contribution in [2.75, 3.05) is 12.3 Å². The highest BCUT2D eigenvalue weighted by Crippen LogP contribution is 2.21. The molecule has 0 saturated carbocycles. The maximum atomic E-state index is 11.8. The van der Waals surface area contributed by atoms with Crippen molar-refractivity contribution in [3.63, 3.8) is 0 Å². The van der Waals surface area contributed by atoms with Gasteiger partial charge in [-0.25, -0.2) is 0 Å². The van der Waals surface area contributed by atoms with Gasteiger partial charge in [0, 0.05) is 24.0 Å². The van der Waals surface area contributed by atoms with E-state index in [1.54, 1.807) is 24.3 Å². The smallest absolute Gasteiger partial charge is 0.287 e. The average Bonchev–Trinajstić information content (AvgIpc) is 2.77. The monoisotopic (exact) mass is 242 g/mol. The summed E-state index contributed by atoms with van der Waals surface area (Å²) in [5.74, 6) is 2.57. The van der Waals surface area contributed by atoms with Gasteiger partial charge in [0.15, 0.2) is 5.76 Å². The van der Waals surface area contributed by atoms with Gasteiger partial charge in [0.2, 0.25) is 0 Å². The molecule has 2 aromatic rings. The van der Waals surface area contributed by atoms with Crippen LogP contribution in [-0.2, 0) is 0 Å². The molecule has 0 aliphatic carbocycles. The minimum atomic E-state index is -0.234. The van der Waals surface area contributed by atoms with Crippen molar-refractivity contribution in [1.82, 2.24) is 5.32 Å². The molecule has 0 radical (unpaired) electrons. The molecule has 92 valence electrons. The van der Waals surface area contributed by atoms with Crippen LogP contribution in [0.2, 0.25) is 0 Å². The average molecular weight is 242 g/mol. The number of amides is 1. The van der Waals surface area contributed by atoms with Crippen LogP contribution in [0, 0.1) is 12.3 Å². The lowest BCUT2D eigenvalue weighted by atomic mass is 10.2. The Labute approximate surface area is 105 Å². The third-order valence-electron chi connectivity index (χ3n) is 2.55. The van der Waals surface area contributed by atoms with Crippen molar-refractivity contribution in [3.8, 4) is 12.3 Å². The molecule has 0 spiro atoms. The number of fused-ring (bicyclic) bond motifs is 1. The quantitative estimate of drug-likeness (QED) is 0.490. The highest BCUT2D eigenvalue weighted by Gasteiger charge is 2.11. The maximum Gasteiger partial charge on any atom is 0.287 e. The first kappa shape index (κ1) is 12.1. The summed E-state index contributed by atoms with van der Waals surface area (Å²) in [6.45, 7) is 0.544. The molecule has 1 amide bonds. The molecule has 1 aromatic carbocycles. The molecule has 0 fully saturated rings.